The number of guanidine groups is 1. The van der Waals surface area contributed by atoms with E-state index < -0.39 is 0 Å². The summed E-state index contributed by atoms with van der Waals surface area (Å²) in [5.41, 5.74) is 1.13. The van der Waals surface area contributed by atoms with Gasteiger partial charge in [0.05, 0.1) is 10.0 Å². The van der Waals surface area contributed by atoms with Crippen molar-refractivity contribution in [3.05, 3.63) is 33.6 Å². The molecule has 0 saturated carbocycles. The van der Waals surface area contributed by atoms with E-state index in [4.69, 9.17) is 0 Å². The van der Waals surface area contributed by atoms with E-state index in [1.807, 2.05) is 18.4 Å². The number of rotatable bonds is 5. The first-order valence-electron chi connectivity index (χ1n) is 8.41. The van der Waals surface area contributed by atoms with Gasteiger partial charge in [0.15, 0.2) is 5.96 Å². The average molecular weight is 364 g/mol. The molecule has 0 aromatic carbocycles. The van der Waals surface area contributed by atoms with Crippen molar-refractivity contribution in [2.24, 2.45) is 4.99 Å². The zero-order valence-corrected chi connectivity index (χ0v) is 16.0. The summed E-state index contributed by atoms with van der Waals surface area (Å²) in [4.78, 5) is 13.8. The summed E-state index contributed by atoms with van der Waals surface area (Å²) in [6.07, 6.45) is 2.12. The van der Waals surface area contributed by atoms with Crippen molar-refractivity contribution in [2.75, 3.05) is 44.7 Å². The number of aryl methyl sites for hydroxylation is 2. The minimum atomic E-state index is 0.941. The molecule has 1 fully saturated rings. The van der Waals surface area contributed by atoms with E-state index in [9.17, 15) is 0 Å². The molecule has 0 bridgehead atoms. The van der Waals surface area contributed by atoms with E-state index in [1.54, 1.807) is 11.3 Å². The van der Waals surface area contributed by atoms with Crippen LogP contribution >= 0.6 is 22.7 Å². The second kappa shape index (κ2) is 8.48. The summed E-state index contributed by atoms with van der Waals surface area (Å²) in [6, 6.07) is 4.32. The maximum Gasteiger partial charge on any atom is 0.193 e. The molecule has 0 aliphatic carbocycles. The smallest absolute Gasteiger partial charge is 0.193 e. The van der Waals surface area contributed by atoms with Crippen LogP contribution in [0.1, 0.15) is 17.1 Å². The van der Waals surface area contributed by atoms with Crippen LogP contribution in [0, 0.1) is 6.92 Å². The second-order valence-electron chi connectivity index (χ2n) is 5.89. The van der Waals surface area contributed by atoms with Gasteiger partial charge >= 0.3 is 0 Å². The first-order valence-corrected chi connectivity index (χ1v) is 10.2. The Morgan fingerprint density at radius 3 is 2.75 bits per heavy atom. The van der Waals surface area contributed by atoms with E-state index in [2.05, 4.69) is 54.9 Å². The Morgan fingerprint density at radius 2 is 2.12 bits per heavy atom. The van der Waals surface area contributed by atoms with Crippen molar-refractivity contribution in [3.63, 3.8) is 0 Å². The van der Waals surface area contributed by atoms with Crippen LogP contribution in [-0.4, -0.2) is 55.6 Å². The van der Waals surface area contributed by atoms with Gasteiger partial charge in [0.2, 0.25) is 0 Å². The topological polar surface area (TPSA) is 43.8 Å². The molecule has 3 rings (SSSR count). The fourth-order valence-electron chi connectivity index (χ4n) is 2.88. The highest BCUT2D eigenvalue weighted by atomic mass is 32.1. The molecule has 0 atom stereocenters. The van der Waals surface area contributed by atoms with Gasteiger partial charge in [0.25, 0.3) is 0 Å². The maximum absolute atomic E-state index is 4.52. The van der Waals surface area contributed by atoms with Gasteiger partial charge in [-0.1, -0.05) is 0 Å². The average Bonchev–Trinajstić information content (AvgIpc) is 3.27. The van der Waals surface area contributed by atoms with Crippen molar-refractivity contribution in [3.8, 4) is 0 Å². The summed E-state index contributed by atoms with van der Waals surface area (Å²) >= 11 is 3.57. The molecule has 0 amide bonds. The van der Waals surface area contributed by atoms with Crippen LogP contribution in [0.25, 0.3) is 0 Å². The minimum absolute atomic E-state index is 0.941. The molecule has 5 nitrogen and oxygen atoms in total. The zero-order chi connectivity index (χ0) is 16.8. The molecular weight excluding hydrogens is 338 g/mol. The lowest BCUT2D eigenvalue weighted by atomic mass is 10.3. The highest BCUT2D eigenvalue weighted by molar-refractivity contribution is 7.14. The lowest BCUT2D eigenvalue weighted by Crippen LogP contribution is -2.52. The predicted octanol–water partition coefficient (Wildman–Crippen LogP) is 2.84. The molecule has 2 aromatic rings. The Hall–Kier alpha value is -1.60. The summed E-state index contributed by atoms with van der Waals surface area (Å²) < 4.78 is 0. The standard InChI is InChI=1S/C17H25N5S2/c1-14-13-24-15(20-14)5-3-7-19-17(18-2)22-10-8-21(9-11-22)16-6-4-12-23-16/h4,6,12-13H,3,5,7-11H2,1-2H3,(H,18,19). The van der Waals surface area contributed by atoms with Crippen LogP contribution in [-0.2, 0) is 6.42 Å². The number of hydrogen-bond acceptors (Lipinski definition) is 5. The van der Waals surface area contributed by atoms with Gasteiger partial charge in [0.1, 0.15) is 0 Å². The van der Waals surface area contributed by atoms with Crippen molar-refractivity contribution in [2.45, 2.75) is 19.8 Å². The predicted molar refractivity (Wildman–Crippen MR) is 105 cm³/mol. The van der Waals surface area contributed by atoms with E-state index in [0.29, 0.717) is 0 Å². The van der Waals surface area contributed by atoms with Gasteiger partial charge in [-0.25, -0.2) is 4.98 Å². The molecule has 3 heterocycles. The van der Waals surface area contributed by atoms with Crippen molar-refractivity contribution >= 4 is 33.6 Å². The third-order valence-electron chi connectivity index (χ3n) is 4.13. The first-order chi connectivity index (χ1) is 11.8. The number of nitrogens with zero attached hydrogens (tertiary/aromatic N) is 4. The highest BCUT2D eigenvalue weighted by Crippen LogP contribution is 2.22. The molecule has 2 aromatic heterocycles. The third-order valence-corrected chi connectivity index (χ3v) is 6.08. The second-order valence-corrected chi connectivity index (χ2v) is 7.75. The molecule has 1 saturated heterocycles. The number of thiophene rings is 1. The lowest BCUT2D eigenvalue weighted by Gasteiger charge is -2.37. The summed E-state index contributed by atoms with van der Waals surface area (Å²) in [5, 5.41) is 10.4. The maximum atomic E-state index is 4.52. The van der Waals surface area contributed by atoms with Crippen molar-refractivity contribution in [1.82, 2.24) is 15.2 Å². The fourth-order valence-corrected chi connectivity index (χ4v) is 4.48. The summed E-state index contributed by atoms with van der Waals surface area (Å²) in [7, 11) is 1.87. The molecule has 130 valence electrons. The van der Waals surface area contributed by atoms with Crippen LogP contribution in [0.4, 0.5) is 5.00 Å². The molecule has 24 heavy (non-hydrogen) atoms. The number of hydrogen-bond donors (Lipinski definition) is 1. The van der Waals surface area contributed by atoms with Crippen molar-refractivity contribution < 1.29 is 0 Å². The Kier molecular flexibility index (Phi) is 6.09. The van der Waals surface area contributed by atoms with Gasteiger partial charge in [-0.15, -0.1) is 22.7 Å². The SMILES string of the molecule is CN=C(NCCCc1nc(C)cs1)N1CCN(c2cccs2)CC1. The number of piperazine rings is 1. The van der Waals surface area contributed by atoms with E-state index >= 15 is 0 Å². The lowest BCUT2D eigenvalue weighted by molar-refractivity contribution is 0.373. The summed E-state index contributed by atoms with van der Waals surface area (Å²) in [5.74, 6) is 1.02. The third kappa shape index (κ3) is 4.48. The Morgan fingerprint density at radius 1 is 1.29 bits per heavy atom. The number of nitrogens with one attached hydrogen (secondary N) is 1. The molecule has 0 spiro atoms. The van der Waals surface area contributed by atoms with Gasteiger partial charge in [0, 0.05) is 57.3 Å². The quantitative estimate of drug-likeness (QED) is 0.504. The van der Waals surface area contributed by atoms with Crippen LogP contribution in [0.5, 0.6) is 0 Å². The normalized spacial score (nSPS) is 15.8. The minimum Gasteiger partial charge on any atom is -0.360 e. The van der Waals surface area contributed by atoms with E-state index in [0.717, 1.165) is 57.2 Å². The van der Waals surface area contributed by atoms with Crippen LogP contribution < -0.4 is 10.2 Å². The molecule has 0 radical (unpaired) electrons. The van der Waals surface area contributed by atoms with Gasteiger partial charge < -0.3 is 15.1 Å². The van der Waals surface area contributed by atoms with Crippen molar-refractivity contribution in [1.29, 1.82) is 0 Å². The van der Waals surface area contributed by atoms with Crippen LogP contribution in [0.2, 0.25) is 0 Å². The molecule has 1 N–H and O–H groups in total. The molecular formula is C17H25N5S2. The Labute approximate surface area is 152 Å². The van der Waals surface area contributed by atoms with Gasteiger partial charge in [-0.05, 0) is 30.9 Å². The largest absolute Gasteiger partial charge is 0.360 e. The number of aromatic nitrogens is 1. The monoisotopic (exact) mass is 363 g/mol. The van der Waals surface area contributed by atoms with E-state index in [-0.39, 0.29) is 0 Å². The Bertz CT molecular complexity index is 642. The van der Waals surface area contributed by atoms with E-state index in [1.165, 1.54) is 10.0 Å². The fraction of sp³-hybridized carbons (Fsp3) is 0.529. The molecule has 1 aliphatic rings. The summed E-state index contributed by atoms with van der Waals surface area (Å²) in [6.45, 7) is 7.14. The van der Waals surface area contributed by atoms with Crippen LogP contribution in [0.15, 0.2) is 27.9 Å². The molecule has 1 aliphatic heterocycles. The molecule has 0 unspecified atom stereocenters. The molecule has 7 heteroatoms. The number of aliphatic imine (C=N–C) groups is 1. The number of thiazole rings is 1. The number of anilines is 1. The van der Waals surface area contributed by atoms with Gasteiger partial charge in [-0.3, -0.25) is 4.99 Å². The Balaban J connectivity index is 1.40. The highest BCUT2D eigenvalue weighted by Gasteiger charge is 2.20. The van der Waals surface area contributed by atoms with Crippen LogP contribution in [0.3, 0.4) is 0 Å². The zero-order valence-electron chi connectivity index (χ0n) is 14.4. The van der Waals surface area contributed by atoms with Gasteiger partial charge in [-0.2, -0.15) is 0 Å². The first kappa shape index (κ1) is 17.2.